The van der Waals surface area contributed by atoms with Crippen molar-refractivity contribution >= 4 is 16.8 Å². The number of hydrogen-bond donors (Lipinski definition) is 2. The Bertz CT molecular complexity index is 862. The van der Waals surface area contributed by atoms with E-state index >= 15 is 0 Å². The minimum Gasteiger partial charge on any atom is -0.357 e. The highest BCUT2D eigenvalue weighted by Crippen LogP contribution is 2.13. The number of hydrogen-bond acceptors (Lipinski definition) is 2. The fourth-order valence-electron chi connectivity index (χ4n) is 2.51. The van der Waals surface area contributed by atoms with Crippen LogP contribution in [-0.2, 0) is 13.5 Å². The number of pyridine rings is 1. The van der Waals surface area contributed by atoms with Crippen LogP contribution in [0.5, 0.6) is 0 Å². The fraction of sp³-hybridized carbons (Fsp3) is 0.176. The highest BCUT2D eigenvalue weighted by molar-refractivity contribution is 6.05. The van der Waals surface area contributed by atoms with Gasteiger partial charge in [-0.2, -0.15) is 0 Å². The molecule has 0 aliphatic heterocycles. The van der Waals surface area contributed by atoms with Crippen molar-refractivity contribution in [3.05, 3.63) is 70.3 Å². The summed E-state index contributed by atoms with van der Waals surface area (Å²) < 4.78 is 1.42. The molecule has 2 N–H and O–H groups in total. The van der Waals surface area contributed by atoms with Crippen molar-refractivity contribution in [1.82, 2.24) is 14.9 Å². The lowest BCUT2D eigenvalue weighted by Crippen LogP contribution is -2.28. The number of aryl methyl sites for hydroxylation is 1. The molecule has 0 saturated heterocycles. The first kappa shape index (κ1) is 14.1. The summed E-state index contributed by atoms with van der Waals surface area (Å²) in [5, 5.41) is 3.56. The number of rotatable bonds is 4. The average molecular weight is 295 g/mol. The van der Waals surface area contributed by atoms with Gasteiger partial charge < -0.3 is 14.9 Å². The quantitative estimate of drug-likeness (QED) is 0.771. The van der Waals surface area contributed by atoms with Crippen molar-refractivity contribution in [2.45, 2.75) is 6.42 Å². The molecule has 0 spiro atoms. The van der Waals surface area contributed by atoms with Gasteiger partial charge in [0.2, 0.25) is 0 Å². The Morgan fingerprint density at radius 1 is 1.23 bits per heavy atom. The maximum absolute atomic E-state index is 12.4. The van der Waals surface area contributed by atoms with Gasteiger partial charge in [0.1, 0.15) is 5.52 Å². The number of nitrogens with one attached hydrogen (secondary N) is 2. The second-order valence-corrected chi connectivity index (χ2v) is 5.22. The number of H-pyrrole nitrogens is 1. The summed E-state index contributed by atoms with van der Waals surface area (Å²) in [7, 11) is 1.64. The largest absolute Gasteiger partial charge is 0.357 e. The highest BCUT2D eigenvalue weighted by Gasteiger charge is 2.14. The molecule has 3 aromatic rings. The number of carbonyl (C=O) groups is 1. The molecule has 1 aromatic carbocycles. The summed E-state index contributed by atoms with van der Waals surface area (Å²) in [4.78, 5) is 27.2. The first-order valence-corrected chi connectivity index (χ1v) is 7.15. The summed E-state index contributed by atoms with van der Waals surface area (Å²) in [6.45, 7) is 0.553. The van der Waals surface area contributed by atoms with E-state index in [0.717, 1.165) is 6.42 Å². The third kappa shape index (κ3) is 2.65. The third-order valence-electron chi connectivity index (χ3n) is 3.68. The molecular weight excluding hydrogens is 278 g/mol. The summed E-state index contributed by atoms with van der Waals surface area (Å²) in [5.41, 5.74) is 2.00. The van der Waals surface area contributed by atoms with Crippen LogP contribution >= 0.6 is 0 Å². The molecule has 2 aromatic heterocycles. The summed E-state index contributed by atoms with van der Waals surface area (Å²) >= 11 is 0. The lowest BCUT2D eigenvalue weighted by atomic mass is 10.1. The van der Waals surface area contributed by atoms with Crippen LogP contribution < -0.4 is 10.9 Å². The van der Waals surface area contributed by atoms with E-state index in [1.807, 2.05) is 30.3 Å². The van der Waals surface area contributed by atoms with E-state index in [1.165, 1.54) is 10.1 Å². The summed E-state index contributed by atoms with van der Waals surface area (Å²) in [6.07, 6.45) is 4.03. The zero-order chi connectivity index (χ0) is 15.5. The van der Waals surface area contributed by atoms with Crippen LogP contribution in [0.4, 0.5) is 0 Å². The number of carbonyl (C=O) groups excluding carboxylic acids is 1. The first-order valence-electron chi connectivity index (χ1n) is 7.15. The fourth-order valence-corrected chi connectivity index (χ4v) is 2.51. The van der Waals surface area contributed by atoms with Gasteiger partial charge in [0.25, 0.3) is 11.5 Å². The van der Waals surface area contributed by atoms with Crippen molar-refractivity contribution < 1.29 is 4.79 Å². The lowest BCUT2D eigenvalue weighted by Gasteiger charge is -2.08. The Morgan fingerprint density at radius 2 is 2.00 bits per heavy atom. The van der Waals surface area contributed by atoms with E-state index in [0.29, 0.717) is 23.0 Å². The molecule has 0 bridgehead atoms. The van der Waals surface area contributed by atoms with Gasteiger partial charge in [-0.1, -0.05) is 30.3 Å². The predicted molar refractivity (Wildman–Crippen MR) is 86.0 cm³/mol. The van der Waals surface area contributed by atoms with Crippen molar-refractivity contribution in [2.24, 2.45) is 7.05 Å². The van der Waals surface area contributed by atoms with Gasteiger partial charge in [-0.3, -0.25) is 9.59 Å². The van der Waals surface area contributed by atoms with Crippen LogP contribution in [0.2, 0.25) is 0 Å². The molecule has 0 aliphatic rings. The van der Waals surface area contributed by atoms with Gasteiger partial charge in [-0.15, -0.1) is 0 Å². The molecule has 0 fully saturated rings. The highest BCUT2D eigenvalue weighted by atomic mass is 16.2. The number of amides is 1. The standard InChI is InChI=1S/C17H17N3O2/c1-20-11-14(13-8-10-18-15(13)17(20)22)16(21)19-9-7-12-5-3-2-4-6-12/h2-6,8,10-11,18H,7,9H2,1H3,(H,19,21). The molecule has 2 heterocycles. The van der Waals surface area contributed by atoms with Crippen LogP contribution in [0.25, 0.3) is 10.9 Å². The molecule has 0 unspecified atom stereocenters. The van der Waals surface area contributed by atoms with Gasteiger partial charge in [0.05, 0.1) is 5.56 Å². The smallest absolute Gasteiger partial charge is 0.274 e. The number of aromatic amines is 1. The Kier molecular flexibility index (Phi) is 3.78. The molecule has 112 valence electrons. The van der Waals surface area contributed by atoms with Crippen molar-refractivity contribution in [1.29, 1.82) is 0 Å². The van der Waals surface area contributed by atoms with E-state index in [-0.39, 0.29) is 11.5 Å². The van der Waals surface area contributed by atoms with Crippen LogP contribution in [0.1, 0.15) is 15.9 Å². The van der Waals surface area contributed by atoms with Crippen LogP contribution in [0.3, 0.4) is 0 Å². The average Bonchev–Trinajstić information content (AvgIpc) is 3.01. The van der Waals surface area contributed by atoms with E-state index in [2.05, 4.69) is 10.3 Å². The number of nitrogens with zero attached hydrogens (tertiary/aromatic N) is 1. The minimum atomic E-state index is -0.170. The summed E-state index contributed by atoms with van der Waals surface area (Å²) in [5.74, 6) is -0.170. The lowest BCUT2D eigenvalue weighted by molar-refractivity contribution is 0.0955. The van der Waals surface area contributed by atoms with E-state index in [4.69, 9.17) is 0 Å². The molecule has 0 saturated carbocycles. The predicted octanol–water partition coefficient (Wildman–Crippen LogP) is 1.84. The Balaban J connectivity index is 1.77. The molecule has 5 heteroatoms. The molecule has 0 aliphatic carbocycles. The van der Waals surface area contributed by atoms with Gasteiger partial charge >= 0.3 is 0 Å². The third-order valence-corrected chi connectivity index (χ3v) is 3.68. The van der Waals surface area contributed by atoms with Crippen LogP contribution in [0.15, 0.2) is 53.6 Å². The minimum absolute atomic E-state index is 0.138. The van der Waals surface area contributed by atoms with E-state index in [1.54, 1.807) is 25.5 Å². The monoisotopic (exact) mass is 295 g/mol. The van der Waals surface area contributed by atoms with Gasteiger partial charge in [-0.05, 0) is 18.1 Å². The van der Waals surface area contributed by atoms with Gasteiger partial charge in [0.15, 0.2) is 0 Å². The van der Waals surface area contributed by atoms with E-state index in [9.17, 15) is 9.59 Å². The Hall–Kier alpha value is -2.82. The SMILES string of the molecule is Cn1cc(C(=O)NCCc2ccccc2)c2cc[nH]c2c1=O. The van der Waals surface area contributed by atoms with Crippen LogP contribution in [-0.4, -0.2) is 22.0 Å². The molecule has 5 nitrogen and oxygen atoms in total. The van der Waals surface area contributed by atoms with Crippen molar-refractivity contribution in [3.8, 4) is 0 Å². The van der Waals surface area contributed by atoms with Gasteiger partial charge in [0, 0.05) is 31.4 Å². The van der Waals surface area contributed by atoms with E-state index < -0.39 is 0 Å². The zero-order valence-corrected chi connectivity index (χ0v) is 12.3. The molecule has 3 rings (SSSR count). The maximum Gasteiger partial charge on any atom is 0.274 e. The molecule has 1 amide bonds. The van der Waals surface area contributed by atoms with Crippen molar-refractivity contribution in [3.63, 3.8) is 0 Å². The Labute approximate surface area is 127 Å². The first-order chi connectivity index (χ1) is 10.7. The second-order valence-electron chi connectivity index (χ2n) is 5.22. The number of benzene rings is 1. The molecular formula is C17H17N3O2. The number of fused-ring (bicyclic) bond motifs is 1. The Morgan fingerprint density at radius 3 is 2.77 bits per heavy atom. The second kappa shape index (κ2) is 5.89. The maximum atomic E-state index is 12.4. The molecule has 0 atom stereocenters. The van der Waals surface area contributed by atoms with Crippen molar-refractivity contribution in [2.75, 3.05) is 6.54 Å². The zero-order valence-electron chi connectivity index (χ0n) is 12.3. The molecule has 0 radical (unpaired) electrons. The summed E-state index contributed by atoms with van der Waals surface area (Å²) in [6, 6.07) is 11.7. The molecule has 22 heavy (non-hydrogen) atoms. The normalized spacial score (nSPS) is 10.8. The number of aromatic nitrogens is 2. The van der Waals surface area contributed by atoms with Gasteiger partial charge in [-0.25, -0.2) is 0 Å². The van der Waals surface area contributed by atoms with Crippen LogP contribution in [0, 0.1) is 0 Å². The topological polar surface area (TPSA) is 66.9 Å².